The average Bonchev–Trinajstić information content (AvgIpc) is 2.50. The zero-order valence-corrected chi connectivity index (χ0v) is 13.0. The van der Waals surface area contributed by atoms with Gasteiger partial charge in [0.05, 0.1) is 13.2 Å². The van der Waals surface area contributed by atoms with Crippen LogP contribution in [0.2, 0.25) is 0 Å². The molecule has 21 heavy (non-hydrogen) atoms. The number of benzene rings is 1. The van der Waals surface area contributed by atoms with E-state index in [4.69, 9.17) is 0 Å². The highest BCUT2D eigenvalue weighted by molar-refractivity contribution is 5.92. The Morgan fingerprint density at radius 3 is 2.48 bits per heavy atom. The minimum Gasteiger partial charge on any atom is -0.394 e. The maximum Gasteiger partial charge on any atom is 0.238 e. The number of hydrogen-bond donors (Lipinski definition) is 3. The van der Waals surface area contributed by atoms with Crippen LogP contribution >= 0.6 is 0 Å². The Labute approximate surface area is 126 Å². The monoisotopic (exact) mass is 290 g/mol. The highest BCUT2D eigenvalue weighted by Crippen LogP contribution is 2.31. The number of rotatable bonds is 5. The van der Waals surface area contributed by atoms with Crippen molar-refractivity contribution in [3.8, 4) is 0 Å². The zero-order valence-electron chi connectivity index (χ0n) is 13.0. The summed E-state index contributed by atoms with van der Waals surface area (Å²) in [5.41, 5.74) is 1.70. The molecule has 0 aliphatic heterocycles. The summed E-state index contributed by atoms with van der Waals surface area (Å²) in [4.78, 5) is 12.0. The number of nitrogens with one attached hydrogen (secondary N) is 2. The summed E-state index contributed by atoms with van der Waals surface area (Å²) in [6.45, 7) is 4.59. The first-order chi connectivity index (χ1) is 10.0. The van der Waals surface area contributed by atoms with Crippen molar-refractivity contribution in [2.24, 2.45) is 5.92 Å². The number of aliphatic hydroxyl groups is 1. The molecule has 1 aromatic rings. The van der Waals surface area contributed by atoms with Crippen LogP contribution in [0.25, 0.3) is 0 Å². The summed E-state index contributed by atoms with van der Waals surface area (Å²) in [5, 5.41) is 15.8. The molecule has 1 saturated carbocycles. The van der Waals surface area contributed by atoms with Crippen molar-refractivity contribution >= 4 is 11.6 Å². The number of anilines is 1. The molecular weight excluding hydrogens is 264 g/mol. The van der Waals surface area contributed by atoms with Crippen molar-refractivity contribution in [1.29, 1.82) is 0 Å². The van der Waals surface area contributed by atoms with Crippen molar-refractivity contribution < 1.29 is 9.90 Å². The van der Waals surface area contributed by atoms with Gasteiger partial charge >= 0.3 is 0 Å². The molecule has 0 heterocycles. The molecule has 1 aliphatic carbocycles. The van der Waals surface area contributed by atoms with Crippen LogP contribution in [-0.4, -0.2) is 29.7 Å². The molecule has 1 fully saturated rings. The Balaban J connectivity index is 1.83. The van der Waals surface area contributed by atoms with E-state index in [1.165, 1.54) is 5.56 Å². The van der Waals surface area contributed by atoms with Gasteiger partial charge in [-0.25, -0.2) is 0 Å². The number of hydrogen-bond acceptors (Lipinski definition) is 3. The summed E-state index contributed by atoms with van der Waals surface area (Å²) in [7, 11) is 0. The van der Waals surface area contributed by atoms with Gasteiger partial charge in [-0.05, 0) is 50.7 Å². The second kappa shape index (κ2) is 7.05. The maximum atomic E-state index is 12.0. The SMILES string of the molecule is Cc1ccc(NC(=O)CNC2(CO)CCC(C)CC2)cc1. The highest BCUT2D eigenvalue weighted by atomic mass is 16.3. The fraction of sp³-hybridized carbons (Fsp3) is 0.588. The largest absolute Gasteiger partial charge is 0.394 e. The molecule has 0 bridgehead atoms. The highest BCUT2D eigenvalue weighted by Gasteiger charge is 2.33. The average molecular weight is 290 g/mol. The third-order valence-corrected chi connectivity index (χ3v) is 4.49. The first-order valence-electron chi connectivity index (χ1n) is 7.75. The Morgan fingerprint density at radius 2 is 1.90 bits per heavy atom. The lowest BCUT2D eigenvalue weighted by molar-refractivity contribution is -0.116. The summed E-state index contributed by atoms with van der Waals surface area (Å²) in [5.74, 6) is 0.651. The molecule has 4 nitrogen and oxygen atoms in total. The molecule has 0 unspecified atom stereocenters. The van der Waals surface area contributed by atoms with Gasteiger partial charge in [0.1, 0.15) is 0 Å². The first-order valence-corrected chi connectivity index (χ1v) is 7.75. The van der Waals surface area contributed by atoms with Crippen LogP contribution in [0.5, 0.6) is 0 Å². The lowest BCUT2D eigenvalue weighted by atomic mass is 9.77. The standard InChI is InChI=1S/C17H26N2O2/c1-13-3-5-15(6-4-13)19-16(21)11-18-17(12-20)9-7-14(2)8-10-17/h3-6,14,18,20H,7-12H2,1-2H3,(H,19,21). The summed E-state index contributed by atoms with van der Waals surface area (Å²) < 4.78 is 0. The fourth-order valence-electron chi connectivity index (χ4n) is 2.82. The van der Waals surface area contributed by atoms with E-state index >= 15 is 0 Å². The summed E-state index contributed by atoms with van der Waals surface area (Å²) >= 11 is 0. The van der Waals surface area contributed by atoms with Gasteiger partial charge in [0.2, 0.25) is 5.91 Å². The van der Waals surface area contributed by atoms with E-state index in [1.807, 2.05) is 31.2 Å². The lowest BCUT2D eigenvalue weighted by Crippen LogP contribution is -2.53. The van der Waals surface area contributed by atoms with Gasteiger partial charge in [-0.3, -0.25) is 4.79 Å². The molecule has 0 saturated heterocycles. The lowest BCUT2D eigenvalue weighted by Gasteiger charge is -2.38. The van der Waals surface area contributed by atoms with Crippen LogP contribution in [0.15, 0.2) is 24.3 Å². The van der Waals surface area contributed by atoms with Crippen molar-refractivity contribution in [3.05, 3.63) is 29.8 Å². The van der Waals surface area contributed by atoms with Crippen molar-refractivity contribution in [2.45, 2.75) is 45.1 Å². The minimum atomic E-state index is -0.281. The molecule has 4 heteroatoms. The van der Waals surface area contributed by atoms with E-state index < -0.39 is 0 Å². The quantitative estimate of drug-likeness (QED) is 0.780. The first kappa shape index (κ1) is 16.0. The molecule has 1 amide bonds. The van der Waals surface area contributed by atoms with Crippen LogP contribution in [0.4, 0.5) is 5.69 Å². The number of amides is 1. The van der Waals surface area contributed by atoms with Crippen molar-refractivity contribution in [2.75, 3.05) is 18.5 Å². The number of carbonyl (C=O) groups is 1. The molecule has 2 rings (SSSR count). The second-order valence-electron chi connectivity index (χ2n) is 6.39. The van der Waals surface area contributed by atoms with E-state index in [1.54, 1.807) is 0 Å². The smallest absolute Gasteiger partial charge is 0.238 e. The molecular formula is C17H26N2O2. The topological polar surface area (TPSA) is 61.4 Å². The molecule has 1 aromatic carbocycles. The molecule has 116 valence electrons. The summed E-state index contributed by atoms with van der Waals surface area (Å²) in [6.07, 6.45) is 4.07. The fourth-order valence-corrected chi connectivity index (χ4v) is 2.82. The Kier molecular flexibility index (Phi) is 5.37. The molecule has 1 aliphatic rings. The zero-order chi connectivity index (χ0) is 15.3. The minimum absolute atomic E-state index is 0.0645. The number of aliphatic hydroxyl groups excluding tert-OH is 1. The van der Waals surface area contributed by atoms with Crippen LogP contribution in [-0.2, 0) is 4.79 Å². The van der Waals surface area contributed by atoms with Gasteiger partial charge in [-0.2, -0.15) is 0 Å². The van der Waals surface area contributed by atoms with E-state index in [9.17, 15) is 9.90 Å². The predicted octanol–water partition coefficient (Wildman–Crippen LogP) is 2.46. The van der Waals surface area contributed by atoms with E-state index in [0.29, 0.717) is 5.92 Å². The Bertz CT molecular complexity index is 462. The van der Waals surface area contributed by atoms with Crippen LogP contribution in [0, 0.1) is 12.8 Å². The third kappa shape index (κ3) is 4.55. The van der Waals surface area contributed by atoms with Crippen LogP contribution in [0.1, 0.15) is 38.2 Å². The molecule has 0 aromatic heterocycles. The van der Waals surface area contributed by atoms with Gasteiger partial charge in [0, 0.05) is 11.2 Å². The molecule has 3 N–H and O–H groups in total. The number of carbonyl (C=O) groups excluding carboxylic acids is 1. The normalized spacial score (nSPS) is 25.6. The van der Waals surface area contributed by atoms with E-state index in [-0.39, 0.29) is 24.6 Å². The van der Waals surface area contributed by atoms with Crippen molar-refractivity contribution in [3.63, 3.8) is 0 Å². The second-order valence-corrected chi connectivity index (χ2v) is 6.39. The van der Waals surface area contributed by atoms with E-state index in [2.05, 4.69) is 17.6 Å². The molecule has 0 atom stereocenters. The number of aryl methyl sites for hydroxylation is 1. The van der Waals surface area contributed by atoms with Crippen molar-refractivity contribution in [1.82, 2.24) is 5.32 Å². The summed E-state index contributed by atoms with van der Waals surface area (Å²) in [6, 6.07) is 7.75. The maximum absolute atomic E-state index is 12.0. The van der Waals surface area contributed by atoms with Crippen LogP contribution in [0.3, 0.4) is 0 Å². The Hall–Kier alpha value is -1.39. The third-order valence-electron chi connectivity index (χ3n) is 4.49. The predicted molar refractivity (Wildman–Crippen MR) is 85.3 cm³/mol. The molecule has 0 radical (unpaired) electrons. The van der Waals surface area contributed by atoms with Gasteiger partial charge in [-0.1, -0.05) is 24.6 Å². The molecule has 0 spiro atoms. The van der Waals surface area contributed by atoms with Gasteiger partial charge in [-0.15, -0.1) is 0 Å². The van der Waals surface area contributed by atoms with E-state index in [0.717, 1.165) is 31.4 Å². The van der Waals surface area contributed by atoms with Gasteiger partial charge < -0.3 is 15.7 Å². The van der Waals surface area contributed by atoms with Gasteiger partial charge in [0.15, 0.2) is 0 Å². The Morgan fingerprint density at radius 1 is 1.29 bits per heavy atom. The van der Waals surface area contributed by atoms with Gasteiger partial charge in [0.25, 0.3) is 0 Å². The van der Waals surface area contributed by atoms with Crippen LogP contribution < -0.4 is 10.6 Å².